The van der Waals surface area contributed by atoms with E-state index in [9.17, 15) is 0 Å². The van der Waals surface area contributed by atoms with Crippen LogP contribution in [0.15, 0.2) is 215 Å². The van der Waals surface area contributed by atoms with Crippen molar-refractivity contribution in [3.63, 3.8) is 0 Å². The van der Waals surface area contributed by atoms with Gasteiger partial charge in [-0.25, -0.2) is 15.0 Å². The first-order valence-corrected chi connectivity index (χ1v) is 22.6. The Bertz CT molecular complexity index is 4590. The normalized spacial score (nSPS) is 12.2. The quantitative estimate of drug-likeness (QED) is 0.176. The van der Waals surface area contributed by atoms with Crippen molar-refractivity contribution in [3.8, 4) is 39.9 Å². The molecule has 0 saturated carbocycles. The fourth-order valence-corrected chi connectivity index (χ4v) is 10.6. The second kappa shape index (κ2) is 13.7. The highest BCUT2D eigenvalue weighted by molar-refractivity contribution is 6.25. The molecule has 310 valence electrons. The molecule has 0 spiro atoms. The van der Waals surface area contributed by atoms with Crippen LogP contribution >= 0.6 is 0 Å². The van der Waals surface area contributed by atoms with E-state index in [4.69, 9.17) is 23.8 Å². The van der Waals surface area contributed by atoms with E-state index in [1.807, 2.05) is 42.5 Å². The van der Waals surface area contributed by atoms with Crippen molar-refractivity contribution in [1.29, 1.82) is 0 Å². The van der Waals surface area contributed by atoms with Crippen LogP contribution in [0.25, 0.3) is 149 Å². The van der Waals surface area contributed by atoms with Gasteiger partial charge in [-0.3, -0.25) is 0 Å². The number of nitrogens with zero attached hydrogens (tertiary/aromatic N) is 4. The van der Waals surface area contributed by atoms with Gasteiger partial charge in [0, 0.05) is 54.7 Å². The Morgan fingerprint density at radius 2 is 0.896 bits per heavy atom. The number of hydrogen-bond acceptors (Lipinski definition) is 5. The zero-order chi connectivity index (χ0) is 43.7. The molecule has 0 amide bonds. The van der Waals surface area contributed by atoms with Crippen LogP contribution in [-0.2, 0) is 0 Å². The first-order valence-electron chi connectivity index (χ1n) is 22.6. The molecule has 4 aromatic heterocycles. The van der Waals surface area contributed by atoms with Crippen molar-refractivity contribution in [2.45, 2.75) is 0 Å². The molecular weight excluding hydrogens is 821 g/mol. The summed E-state index contributed by atoms with van der Waals surface area (Å²) in [6, 6.07) is 72.9. The minimum Gasteiger partial charge on any atom is -0.456 e. The Hall–Kier alpha value is -9.13. The molecule has 6 heteroatoms. The van der Waals surface area contributed by atoms with Crippen molar-refractivity contribution in [3.05, 3.63) is 206 Å². The predicted octanol–water partition coefficient (Wildman–Crippen LogP) is 16.4. The number of benzene rings is 11. The summed E-state index contributed by atoms with van der Waals surface area (Å²) in [4.78, 5) is 15.9. The summed E-state index contributed by atoms with van der Waals surface area (Å²) in [5.74, 6) is 1.71. The fourth-order valence-electron chi connectivity index (χ4n) is 10.6. The first-order chi connectivity index (χ1) is 33.2. The average Bonchev–Trinajstić information content (AvgIpc) is 4.06. The summed E-state index contributed by atoms with van der Waals surface area (Å²) in [5.41, 5.74) is 9.23. The molecule has 0 aliphatic heterocycles. The summed E-state index contributed by atoms with van der Waals surface area (Å²) >= 11 is 0. The maximum Gasteiger partial charge on any atom is 0.164 e. The maximum atomic E-state index is 6.76. The van der Waals surface area contributed by atoms with Crippen LogP contribution in [0.3, 0.4) is 0 Å². The molecule has 0 unspecified atom stereocenters. The number of para-hydroxylation sites is 2. The van der Waals surface area contributed by atoms with Gasteiger partial charge in [-0.2, -0.15) is 0 Å². The van der Waals surface area contributed by atoms with E-state index in [-0.39, 0.29) is 0 Å². The van der Waals surface area contributed by atoms with Crippen LogP contribution in [0.4, 0.5) is 0 Å². The molecule has 0 N–H and O–H groups in total. The zero-order valence-corrected chi connectivity index (χ0v) is 35.7. The van der Waals surface area contributed by atoms with E-state index in [0.717, 1.165) is 98.8 Å². The predicted molar refractivity (Wildman–Crippen MR) is 275 cm³/mol. The van der Waals surface area contributed by atoms with Gasteiger partial charge in [0.05, 0.1) is 11.0 Å². The Morgan fingerprint density at radius 1 is 0.299 bits per heavy atom. The van der Waals surface area contributed by atoms with Crippen molar-refractivity contribution in [2.24, 2.45) is 0 Å². The first kappa shape index (κ1) is 36.2. The van der Waals surface area contributed by atoms with Crippen molar-refractivity contribution < 1.29 is 8.83 Å². The number of aromatic nitrogens is 4. The molecule has 0 aliphatic carbocycles. The van der Waals surface area contributed by atoms with Crippen molar-refractivity contribution in [2.75, 3.05) is 0 Å². The molecule has 0 fully saturated rings. The van der Waals surface area contributed by atoms with Crippen LogP contribution in [0.5, 0.6) is 0 Å². The van der Waals surface area contributed by atoms with E-state index < -0.39 is 0 Å². The summed E-state index contributed by atoms with van der Waals surface area (Å²) in [5, 5.41) is 15.8. The Balaban J connectivity index is 1.02. The summed E-state index contributed by atoms with van der Waals surface area (Å²) in [6.45, 7) is 0. The second-order valence-corrected chi connectivity index (χ2v) is 17.5. The minimum atomic E-state index is 0.556. The lowest BCUT2D eigenvalue weighted by atomic mass is 9.97. The largest absolute Gasteiger partial charge is 0.456 e. The lowest BCUT2D eigenvalue weighted by molar-refractivity contribution is 0.668. The van der Waals surface area contributed by atoms with Gasteiger partial charge < -0.3 is 13.4 Å². The third-order valence-electron chi connectivity index (χ3n) is 13.8. The molecule has 6 nitrogen and oxygen atoms in total. The van der Waals surface area contributed by atoms with E-state index in [1.165, 1.54) is 32.3 Å². The lowest BCUT2D eigenvalue weighted by Crippen LogP contribution is -2.01. The third kappa shape index (κ3) is 5.41. The maximum absolute atomic E-state index is 6.76. The fraction of sp³-hybridized carbons (Fsp3) is 0. The molecule has 0 bridgehead atoms. The SMILES string of the molecule is c1ccc2cc(-c3nc(-c4ccc5oc6ccccc6c5c4)nc(-c4cc5oc6ccccc6c5c5cc(-n6c7cc8ccccc8cc7c7c8ccccc8ccc76)ccc45)n3)ccc2c1. The second-order valence-electron chi connectivity index (χ2n) is 17.5. The minimum absolute atomic E-state index is 0.556. The van der Waals surface area contributed by atoms with Gasteiger partial charge in [-0.15, -0.1) is 0 Å². The Labute approximate surface area is 381 Å². The molecule has 15 aromatic rings. The van der Waals surface area contributed by atoms with Crippen LogP contribution in [0.2, 0.25) is 0 Å². The highest BCUT2D eigenvalue weighted by Gasteiger charge is 2.22. The smallest absolute Gasteiger partial charge is 0.164 e. The molecule has 0 radical (unpaired) electrons. The van der Waals surface area contributed by atoms with Gasteiger partial charge >= 0.3 is 0 Å². The van der Waals surface area contributed by atoms with Crippen molar-refractivity contribution >= 4 is 109 Å². The highest BCUT2D eigenvalue weighted by atomic mass is 16.3. The monoisotopic (exact) mass is 854 g/mol. The standard InChI is InChI=1S/C61H34N4O2/c1-2-13-37-29-40(22-21-35(37)11-1)59-62-60(41-24-28-55-47(31-41)45-17-7-9-19-53(45)66-55)64-61(63-59)49-34-56-58(46-18-8-10-20-54(46)67-56)48-33-42(25-26-44(48)49)65-51-27-23-36-12-5-6-16-43(36)57(51)50-30-38-14-3-4-15-39(38)32-52(50)65/h1-34H. The molecule has 4 heterocycles. The van der Waals surface area contributed by atoms with Gasteiger partial charge in [0.1, 0.15) is 22.3 Å². The van der Waals surface area contributed by atoms with Gasteiger partial charge in [0.25, 0.3) is 0 Å². The van der Waals surface area contributed by atoms with E-state index >= 15 is 0 Å². The lowest BCUT2D eigenvalue weighted by Gasteiger charge is -2.14. The number of rotatable bonds is 4. The summed E-state index contributed by atoms with van der Waals surface area (Å²) < 4.78 is 15.4. The van der Waals surface area contributed by atoms with Crippen molar-refractivity contribution in [1.82, 2.24) is 19.5 Å². The number of hydrogen-bond donors (Lipinski definition) is 0. The van der Waals surface area contributed by atoms with Crippen LogP contribution in [-0.4, -0.2) is 19.5 Å². The topological polar surface area (TPSA) is 69.9 Å². The summed E-state index contributed by atoms with van der Waals surface area (Å²) in [6.07, 6.45) is 0. The number of furan rings is 2. The van der Waals surface area contributed by atoms with Crippen LogP contribution in [0.1, 0.15) is 0 Å². The average molecular weight is 855 g/mol. The third-order valence-corrected chi connectivity index (χ3v) is 13.8. The zero-order valence-electron chi connectivity index (χ0n) is 35.7. The molecular formula is C61H34N4O2. The van der Waals surface area contributed by atoms with Gasteiger partial charge in [-0.05, 0) is 116 Å². The molecule has 11 aromatic carbocycles. The molecule has 0 saturated heterocycles. The Kier molecular flexibility index (Phi) is 7.40. The van der Waals surface area contributed by atoms with Crippen LogP contribution in [0, 0.1) is 0 Å². The van der Waals surface area contributed by atoms with Gasteiger partial charge in [0.15, 0.2) is 17.5 Å². The molecule has 0 atom stereocenters. The summed E-state index contributed by atoms with van der Waals surface area (Å²) in [7, 11) is 0. The molecule has 15 rings (SSSR count). The molecule has 0 aliphatic rings. The van der Waals surface area contributed by atoms with E-state index in [1.54, 1.807) is 0 Å². The Morgan fingerprint density at radius 3 is 1.72 bits per heavy atom. The molecule has 67 heavy (non-hydrogen) atoms. The van der Waals surface area contributed by atoms with Gasteiger partial charge in [-0.1, -0.05) is 133 Å². The van der Waals surface area contributed by atoms with Crippen LogP contribution < -0.4 is 0 Å². The van der Waals surface area contributed by atoms with E-state index in [0.29, 0.717) is 17.5 Å². The van der Waals surface area contributed by atoms with Gasteiger partial charge in [0.2, 0.25) is 0 Å². The van der Waals surface area contributed by atoms with E-state index in [2.05, 4.69) is 168 Å². The highest BCUT2D eigenvalue weighted by Crippen LogP contribution is 2.44. The number of fused-ring (bicyclic) bond motifs is 15.